The van der Waals surface area contributed by atoms with Crippen molar-refractivity contribution < 1.29 is 18.3 Å². The van der Waals surface area contributed by atoms with Crippen LogP contribution in [0.3, 0.4) is 0 Å². The van der Waals surface area contributed by atoms with Gasteiger partial charge >= 0.3 is 0 Å². The molecule has 0 aliphatic carbocycles. The van der Waals surface area contributed by atoms with E-state index in [4.69, 9.17) is 23.2 Å². The first-order valence-electron chi connectivity index (χ1n) is 5.17. The summed E-state index contributed by atoms with van der Waals surface area (Å²) >= 11 is 11.5. The molecule has 0 heterocycles. The van der Waals surface area contributed by atoms with E-state index in [1.54, 1.807) is 0 Å². The lowest BCUT2D eigenvalue weighted by molar-refractivity contribution is 0.208. The Labute approximate surface area is 117 Å². The summed E-state index contributed by atoms with van der Waals surface area (Å²) in [6.45, 7) is 0. The lowest BCUT2D eigenvalue weighted by atomic mass is 10.0. The Morgan fingerprint density at radius 3 is 1.79 bits per heavy atom. The second-order valence-corrected chi connectivity index (χ2v) is 4.76. The zero-order valence-corrected chi connectivity index (χ0v) is 10.8. The largest absolute Gasteiger partial charge is 0.383 e. The summed E-state index contributed by atoms with van der Waals surface area (Å²) < 4.78 is 39.9. The molecule has 0 aliphatic rings. The van der Waals surface area contributed by atoms with Crippen LogP contribution in [0.15, 0.2) is 30.3 Å². The molecular weight excluding hydrogens is 300 g/mol. The molecule has 0 spiro atoms. The molecule has 0 aromatic heterocycles. The monoisotopic (exact) mass is 306 g/mol. The van der Waals surface area contributed by atoms with Crippen LogP contribution in [0.25, 0.3) is 0 Å². The highest BCUT2D eigenvalue weighted by atomic mass is 35.5. The number of hydrogen-bond acceptors (Lipinski definition) is 1. The Kier molecular flexibility index (Phi) is 4.04. The van der Waals surface area contributed by atoms with Crippen LogP contribution >= 0.6 is 23.2 Å². The van der Waals surface area contributed by atoms with Crippen LogP contribution in [-0.2, 0) is 0 Å². The fourth-order valence-electron chi connectivity index (χ4n) is 1.71. The third-order valence-corrected chi connectivity index (χ3v) is 2.95. The average Bonchev–Trinajstić information content (AvgIpc) is 2.25. The Balaban J connectivity index is 2.52. The minimum Gasteiger partial charge on any atom is -0.383 e. The predicted octanol–water partition coefficient (Wildman–Crippen LogP) is 4.49. The first-order valence-corrected chi connectivity index (χ1v) is 5.92. The van der Waals surface area contributed by atoms with Crippen molar-refractivity contribution in [3.63, 3.8) is 0 Å². The minimum atomic E-state index is -1.63. The minimum absolute atomic E-state index is 0.113. The molecule has 1 nitrogen and oxygen atoms in total. The van der Waals surface area contributed by atoms with E-state index < -0.39 is 29.1 Å². The highest BCUT2D eigenvalue weighted by Gasteiger charge is 2.21. The van der Waals surface area contributed by atoms with E-state index in [-0.39, 0.29) is 15.6 Å². The molecule has 1 N–H and O–H groups in total. The zero-order valence-electron chi connectivity index (χ0n) is 9.30. The van der Waals surface area contributed by atoms with Gasteiger partial charge in [0.2, 0.25) is 0 Å². The molecule has 2 aromatic carbocycles. The van der Waals surface area contributed by atoms with Gasteiger partial charge in [-0.15, -0.1) is 0 Å². The third-order valence-electron chi connectivity index (χ3n) is 2.52. The molecule has 2 rings (SSSR count). The molecule has 2 aromatic rings. The van der Waals surface area contributed by atoms with E-state index in [2.05, 4.69) is 0 Å². The number of aliphatic hydroxyl groups is 1. The van der Waals surface area contributed by atoms with E-state index >= 15 is 0 Å². The van der Waals surface area contributed by atoms with Gasteiger partial charge in [-0.2, -0.15) is 0 Å². The zero-order chi connectivity index (χ0) is 14.2. The van der Waals surface area contributed by atoms with E-state index in [9.17, 15) is 18.3 Å². The van der Waals surface area contributed by atoms with Gasteiger partial charge in [0.1, 0.15) is 23.6 Å². The van der Waals surface area contributed by atoms with Crippen LogP contribution in [0.1, 0.15) is 17.2 Å². The Hall–Kier alpha value is -1.23. The molecule has 0 bridgehead atoms. The molecule has 1 unspecified atom stereocenters. The molecule has 1 atom stereocenters. The molecule has 0 radical (unpaired) electrons. The smallest absolute Gasteiger partial charge is 0.135 e. The first-order chi connectivity index (χ1) is 8.88. The molecule has 0 aliphatic heterocycles. The van der Waals surface area contributed by atoms with Gasteiger partial charge < -0.3 is 5.11 Å². The summed E-state index contributed by atoms with van der Waals surface area (Å²) in [4.78, 5) is 0. The second-order valence-electron chi connectivity index (χ2n) is 3.89. The molecule has 0 saturated carbocycles. The average molecular weight is 307 g/mol. The molecule has 100 valence electrons. The quantitative estimate of drug-likeness (QED) is 0.866. The second kappa shape index (κ2) is 5.41. The first kappa shape index (κ1) is 14.2. The highest BCUT2D eigenvalue weighted by molar-refractivity contribution is 6.34. The maximum absolute atomic E-state index is 13.5. The van der Waals surface area contributed by atoms with Crippen molar-refractivity contribution >= 4 is 23.2 Å². The van der Waals surface area contributed by atoms with Crippen molar-refractivity contribution in [1.82, 2.24) is 0 Å². The SMILES string of the molecule is OC(c1cc(Cl)cc(Cl)c1)c1c(F)cc(F)cc1F. The summed E-state index contributed by atoms with van der Waals surface area (Å²) in [5.74, 6) is -3.42. The van der Waals surface area contributed by atoms with Gasteiger partial charge in [-0.05, 0) is 23.8 Å². The van der Waals surface area contributed by atoms with Crippen LogP contribution in [0.2, 0.25) is 10.0 Å². The van der Waals surface area contributed by atoms with Crippen molar-refractivity contribution in [2.24, 2.45) is 0 Å². The molecule has 0 saturated heterocycles. The van der Waals surface area contributed by atoms with Crippen LogP contribution in [0.4, 0.5) is 13.2 Å². The summed E-state index contributed by atoms with van der Waals surface area (Å²) in [5, 5.41) is 10.4. The Bertz CT molecular complexity index is 588. The van der Waals surface area contributed by atoms with Gasteiger partial charge in [-0.25, -0.2) is 13.2 Å². The maximum Gasteiger partial charge on any atom is 0.135 e. The Morgan fingerprint density at radius 2 is 1.32 bits per heavy atom. The van der Waals surface area contributed by atoms with Crippen molar-refractivity contribution in [1.29, 1.82) is 0 Å². The van der Waals surface area contributed by atoms with E-state index in [1.165, 1.54) is 18.2 Å². The van der Waals surface area contributed by atoms with Gasteiger partial charge in [0.05, 0.1) is 5.56 Å². The van der Waals surface area contributed by atoms with E-state index in [0.717, 1.165) is 0 Å². The standard InChI is InChI=1S/C13H7Cl2F3O/c14-7-1-6(2-8(15)3-7)13(19)12-10(17)4-9(16)5-11(12)18/h1-5,13,19H. The van der Waals surface area contributed by atoms with E-state index in [1.807, 2.05) is 0 Å². The van der Waals surface area contributed by atoms with Crippen molar-refractivity contribution in [2.75, 3.05) is 0 Å². The summed E-state index contributed by atoms with van der Waals surface area (Å²) in [5.41, 5.74) is -0.540. The van der Waals surface area contributed by atoms with Gasteiger partial charge in [0.15, 0.2) is 0 Å². The van der Waals surface area contributed by atoms with Crippen molar-refractivity contribution in [3.8, 4) is 0 Å². The lowest BCUT2D eigenvalue weighted by Gasteiger charge is -2.14. The third kappa shape index (κ3) is 3.03. The molecule has 0 amide bonds. The van der Waals surface area contributed by atoms with Crippen molar-refractivity contribution in [3.05, 3.63) is 69.0 Å². The van der Waals surface area contributed by atoms with E-state index in [0.29, 0.717) is 12.1 Å². The molecule has 6 heteroatoms. The van der Waals surface area contributed by atoms with Crippen LogP contribution in [-0.4, -0.2) is 5.11 Å². The summed E-state index contributed by atoms with van der Waals surface area (Å²) in [6.07, 6.45) is -1.63. The number of halogens is 5. The topological polar surface area (TPSA) is 20.2 Å². The molecule has 19 heavy (non-hydrogen) atoms. The maximum atomic E-state index is 13.5. The van der Waals surface area contributed by atoms with Gasteiger partial charge in [0, 0.05) is 22.2 Å². The van der Waals surface area contributed by atoms with Crippen molar-refractivity contribution in [2.45, 2.75) is 6.10 Å². The number of hydrogen-bond donors (Lipinski definition) is 1. The predicted molar refractivity (Wildman–Crippen MR) is 66.8 cm³/mol. The number of rotatable bonds is 2. The van der Waals surface area contributed by atoms with Crippen LogP contribution < -0.4 is 0 Å². The van der Waals surface area contributed by atoms with Crippen LogP contribution in [0, 0.1) is 17.5 Å². The fourth-order valence-corrected chi connectivity index (χ4v) is 2.26. The lowest BCUT2D eigenvalue weighted by Crippen LogP contribution is -2.06. The normalized spacial score (nSPS) is 12.5. The molecular formula is C13H7Cl2F3O. The fraction of sp³-hybridized carbons (Fsp3) is 0.0769. The van der Waals surface area contributed by atoms with Crippen LogP contribution in [0.5, 0.6) is 0 Å². The number of benzene rings is 2. The number of aliphatic hydroxyl groups excluding tert-OH is 1. The van der Waals surface area contributed by atoms with Gasteiger partial charge in [-0.1, -0.05) is 23.2 Å². The highest BCUT2D eigenvalue weighted by Crippen LogP contribution is 2.31. The summed E-state index contributed by atoms with van der Waals surface area (Å²) in [6, 6.07) is 5.04. The van der Waals surface area contributed by atoms with Gasteiger partial charge in [0.25, 0.3) is 0 Å². The van der Waals surface area contributed by atoms with Gasteiger partial charge in [-0.3, -0.25) is 0 Å². The molecule has 0 fully saturated rings. The summed E-state index contributed by atoms with van der Waals surface area (Å²) in [7, 11) is 0. The Morgan fingerprint density at radius 1 is 0.842 bits per heavy atom.